The number of amides is 1. The Bertz CT molecular complexity index is 570. The van der Waals surface area contributed by atoms with Crippen molar-refractivity contribution in [2.45, 2.75) is 64.3 Å². The van der Waals surface area contributed by atoms with Gasteiger partial charge in [0.2, 0.25) is 5.91 Å². The maximum absolute atomic E-state index is 12.7. The molecule has 3 nitrogen and oxygen atoms in total. The fourth-order valence-electron chi connectivity index (χ4n) is 4.49. The normalized spacial score (nSPS) is 21.7. The van der Waals surface area contributed by atoms with E-state index in [0.717, 1.165) is 25.9 Å². The minimum atomic E-state index is -0.00295. The monoisotopic (exact) mass is 298 g/mol. The zero-order valence-electron chi connectivity index (χ0n) is 13.6. The SMILES string of the molecule is C[C@H](C(=O)Nc1c2c(cc3c1CCC3)CCC2)N1CCCC1. The van der Waals surface area contributed by atoms with Crippen LogP contribution in [0.4, 0.5) is 5.69 Å². The number of aryl methyl sites for hydroxylation is 2. The third-order valence-corrected chi connectivity index (χ3v) is 5.79. The van der Waals surface area contributed by atoms with Crippen LogP contribution in [0.2, 0.25) is 0 Å². The van der Waals surface area contributed by atoms with Gasteiger partial charge in [-0.05, 0) is 93.6 Å². The van der Waals surface area contributed by atoms with E-state index in [4.69, 9.17) is 0 Å². The van der Waals surface area contributed by atoms with Crippen LogP contribution in [0.3, 0.4) is 0 Å². The average Bonchev–Trinajstić information content (AvgIpc) is 3.26. The Morgan fingerprint density at radius 2 is 1.59 bits per heavy atom. The Hall–Kier alpha value is -1.35. The molecule has 2 aliphatic carbocycles. The summed E-state index contributed by atoms with van der Waals surface area (Å²) in [4.78, 5) is 15.1. The second-order valence-electron chi connectivity index (χ2n) is 7.14. The lowest BCUT2D eigenvalue weighted by Gasteiger charge is -2.24. The van der Waals surface area contributed by atoms with Gasteiger partial charge in [-0.1, -0.05) is 6.07 Å². The van der Waals surface area contributed by atoms with Gasteiger partial charge in [-0.3, -0.25) is 9.69 Å². The number of hydrogen-bond donors (Lipinski definition) is 1. The van der Waals surface area contributed by atoms with E-state index in [-0.39, 0.29) is 11.9 Å². The highest BCUT2D eigenvalue weighted by atomic mass is 16.2. The van der Waals surface area contributed by atoms with Gasteiger partial charge in [0.1, 0.15) is 0 Å². The largest absolute Gasteiger partial charge is 0.324 e. The summed E-state index contributed by atoms with van der Waals surface area (Å²) < 4.78 is 0. The Labute approximate surface area is 133 Å². The molecule has 1 fully saturated rings. The smallest absolute Gasteiger partial charge is 0.241 e. The number of nitrogens with zero attached hydrogens (tertiary/aromatic N) is 1. The van der Waals surface area contributed by atoms with Crippen LogP contribution >= 0.6 is 0 Å². The van der Waals surface area contributed by atoms with E-state index in [1.54, 1.807) is 0 Å². The first-order valence-electron chi connectivity index (χ1n) is 8.95. The zero-order valence-corrected chi connectivity index (χ0v) is 13.6. The van der Waals surface area contributed by atoms with Gasteiger partial charge >= 0.3 is 0 Å². The second kappa shape index (κ2) is 5.69. The van der Waals surface area contributed by atoms with E-state index in [1.807, 2.05) is 0 Å². The second-order valence-corrected chi connectivity index (χ2v) is 7.14. The van der Waals surface area contributed by atoms with Crippen LogP contribution in [0, 0.1) is 0 Å². The number of carbonyl (C=O) groups excluding carboxylic acids is 1. The van der Waals surface area contributed by atoms with Gasteiger partial charge in [0.25, 0.3) is 0 Å². The molecule has 1 aliphatic heterocycles. The average molecular weight is 298 g/mol. The molecule has 4 rings (SSSR count). The van der Waals surface area contributed by atoms with Crippen molar-refractivity contribution in [3.05, 3.63) is 28.3 Å². The summed E-state index contributed by atoms with van der Waals surface area (Å²) in [5.41, 5.74) is 7.04. The van der Waals surface area contributed by atoms with E-state index in [1.165, 1.54) is 66.5 Å². The molecule has 1 atom stereocenters. The van der Waals surface area contributed by atoms with Crippen molar-refractivity contribution in [3.63, 3.8) is 0 Å². The third kappa shape index (κ3) is 2.36. The molecule has 1 heterocycles. The van der Waals surface area contributed by atoms with Crippen LogP contribution in [0.25, 0.3) is 0 Å². The topological polar surface area (TPSA) is 32.3 Å². The van der Waals surface area contributed by atoms with Crippen molar-refractivity contribution in [2.24, 2.45) is 0 Å². The van der Waals surface area contributed by atoms with Gasteiger partial charge in [0.05, 0.1) is 6.04 Å². The van der Waals surface area contributed by atoms with Crippen LogP contribution in [0.15, 0.2) is 6.07 Å². The van der Waals surface area contributed by atoms with Crippen molar-refractivity contribution < 1.29 is 4.79 Å². The molecule has 0 spiro atoms. The first kappa shape index (κ1) is 14.3. The van der Waals surface area contributed by atoms with Gasteiger partial charge < -0.3 is 5.32 Å². The van der Waals surface area contributed by atoms with Crippen molar-refractivity contribution in [1.82, 2.24) is 4.90 Å². The highest BCUT2D eigenvalue weighted by Gasteiger charge is 2.28. The molecule has 1 aromatic rings. The van der Waals surface area contributed by atoms with Crippen LogP contribution in [0.5, 0.6) is 0 Å². The first-order valence-corrected chi connectivity index (χ1v) is 8.95. The molecule has 22 heavy (non-hydrogen) atoms. The van der Waals surface area contributed by atoms with E-state index in [2.05, 4.69) is 23.2 Å². The van der Waals surface area contributed by atoms with Crippen molar-refractivity contribution >= 4 is 11.6 Å². The Morgan fingerprint density at radius 3 is 2.18 bits per heavy atom. The highest BCUT2D eigenvalue weighted by molar-refractivity contribution is 5.96. The van der Waals surface area contributed by atoms with Gasteiger partial charge in [-0.15, -0.1) is 0 Å². The van der Waals surface area contributed by atoms with Crippen molar-refractivity contribution in [2.75, 3.05) is 18.4 Å². The molecule has 1 saturated heterocycles. The number of hydrogen-bond acceptors (Lipinski definition) is 2. The standard InChI is InChI=1S/C19H26N2O/c1-13(21-10-2-3-11-21)19(22)20-18-16-8-4-6-14(16)12-15-7-5-9-17(15)18/h12-13H,2-11H2,1H3,(H,20,22)/t13-/m1/s1. The first-order chi connectivity index (χ1) is 10.7. The molecule has 118 valence electrons. The summed E-state index contributed by atoms with van der Waals surface area (Å²) in [6.45, 7) is 4.20. The maximum Gasteiger partial charge on any atom is 0.241 e. The van der Waals surface area contributed by atoms with Crippen LogP contribution in [-0.2, 0) is 30.5 Å². The lowest BCUT2D eigenvalue weighted by atomic mass is 9.98. The minimum Gasteiger partial charge on any atom is -0.324 e. The van der Waals surface area contributed by atoms with Crippen molar-refractivity contribution in [1.29, 1.82) is 0 Å². The Kier molecular flexibility index (Phi) is 3.69. The predicted molar refractivity (Wildman–Crippen MR) is 89.4 cm³/mol. The number of anilines is 1. The fourth-order valence-corrected chi connectivity index (χ4v) is 4.49. The molecule has 1 aromatic carbocycles. The Balaban J connectivity index is 1.61. The molecule has 0 radical (unpaired) electrons. The lowest BCUT2D eigenvalue weighted by molar-refractivity contribution is -0.120. The number of rotatable bonds is 3. The third-order valence-electron chi connectivity index (χ3n) is 5.79. The van der Waals surface area contributed by atoms with Gasteiger partial charge in [-0.25, -0.2) is 0 Å². The van der Waals surface area contributed by atoms with Crippen LogP contribution in [-0.4, -0.2) is 29.9 Å². The summed E-state index contributed by atoms with van der Waals surface area (Å²) in [7, 11) is 0. The molecule has 1 amide bonds. The summed E-state index contributed by atoms with van der Waals surface area (Å²) >= 11 is 0. The van der Waals surface area contributed by atoms with Gasteiger partial charge in [0, 0.05) is 5.69 Å². The zero-order chi connectivity index (χ0) is 15.1. The summed E-state index contributed by atoms with van der Waals surface area (Å²) in [5, 5.41) is 3.34. The molecule has 0 bridgehead atoms. The van der Waals surface area contributed by atoms with Crippen molar-refractivity contribution in [3.8, 4) is 0 Å². The van der Waals surface area contributed by atoms with Gasteiger partial charge in [0.15, 0.2) is 0 Å². The summed E-state index contributed by atoms with van der Waals surface area (Å²) in [6, 6.07) is 2.42. The Morgan fingerprint density at radius 1 is 1.00 bits per heavy atom. The number of likely N-dealkylation sites (tertiary alicyclic amines) is 1. The molecule has 0 aromatic heterocycles. The van der Waals surface area contributed by atoms with E-state index < -0.39 is 0 Å². The molecular weight excluding hydrogens is 272 g/mol. The van der Waals surface area contributed by atoms with Gasteiger partial charge in [-0.2, -0.15) is 0 Å². The van der Waals surface area contributed by atoms with Crippen LogP contribution in [0.1, 0.15) is 54.9 Å². The molecule has 3 aliphatic rings. The highest BCUT2D eigenvalue weighted by Crippen LogP contribution is 2.38. The molecule has 1 N–H and O–H groups in total. The van der Waals surface area contributed by atoms with E-state index in [0.29, 0.717) is 0 Å². The minimum absolute atomic E-state index is 0.00295. The lowest BCUT2D eigenvalue weighted by Crippen LogP contribution is -2.40. The summed E-state index contributed by atoms with van der Waals surface area (Å²) in [6.07, 6.45) is 9.58. The molecule has 0 saturated carbocycles. The molecule has 3 heteroatoms. The molecular formula is C19H26N2O. The summed E-state index contributed by atoms with van der Waals surface area (Å²) in [5.74, 6) is 0.191. The van der Waals surface area contributed by atoms with E-state index in [9.17, 15) is 4.79 Å². The predicted octanol–water partition coefficient (Wildman–Crippen LogP) is 3.09. The number of nitrogens with one attached hydrogen (secondary N) is 1. The fraction of sp³-hybridized carbons (Fsp3) is 0.632. The maximum atomic E-state index is 12.7. The molecule has 0 unspecified atom stereocenters. The number of benzene rings is 1. The number of fused-ring (bicyclic) bond motifs is 2. The number of carbonyl (C=O) groups is 1. The van der Waals surface area contributed by atoms with Crippen LogP contribution < -0.4 is 5.32 Å². The van der Waals surface area contributed by atoms with E-state index >= 15 is 0 Å². The quantitative estimate of drug-likeness (QED) is 0.930.